The van der Waals surface area contributed by atoms with Gasteiger partial charge in [0.05, 0.1) is 13.2 Å². The van der Waals surface area contributed by atoms with Crippen LogP contribution in [-0.4, -0.2) is 23.4 Å². The van der Waals surface area contributed by atoms with Crippen molar-refractivity contribution in [1.82, 2.24) is 0 Å². The predicted molar refractivity (Wildman–Crippen MR) is 65.0 cm³/mol. The van der Waals surface area contributed by atoms with Gasteiger partial charge in [-0.3, -0.25) is 0 Å². The summed E-state index contributed by atoms with van der Waals surface area (Å²) in [6, 6.07) is 0. The molecule has 1 unspecified atom stereocenters. The molecular weight excluding hydrogens is 200 g/mol. The van der Waals surface area contributed by atoms with Gasteiger partial charge in [0.15, 0.2) is 0 Å². The standard InChI is InChI=1S/C14H20O2/c1-10(8-15)12-5-6-13-11(9-16)4-3-7-14(12,13)2/h4,6,15-16H,3,5,7-9H2,1-2H3/b12-10+. The van der Waals surface area contributed by atoms with Crippen molar-refractivity contribution >= 4 is 0 Å². The SMILES string of the molecule is C/C(CO)=C1/CC=C2C(CO)=CCCC21C. The summed E-state index contributed by atoms with van der Waals surface area (Å²) in [5.41, 5.74) is 4.86. The smallest absolute Gasteiger partial charge is 0.0681 e. The molecular formula is C14H20O2. The van der Waals surface area contributed by atoms with Crippen LogP contribution in [0.4, 0.5) is 0 Å². The molecule has 0 aromatic heterocycles. The fraction of sp³-hybridized carbons (Fsp3) is 0.571. The van der Waals surface area contributed by atoms with Crippen molar-refractivity contribution in [3.63, 3.8) is 0 Å². The number of fused-ring (bicyclic) bond motifs is 1. The van der Waals surface area contributed by atoms with Crippen LogP contribution < -0.4 is 0 Å². The van der Waals surface area contributed by atoms with E-state index in [0.717, 1.165) is 30.4 Å². The lowest BCUT2D eigenvalue weighted by molar-refractivity contribution is 0.314. The molecule has 2 N–H and O–H groups in total. The van der Waals surface area contributed by atoms with E-state index in [0.29, 0.717) is 0 Å². The number of aliphatic hydroxyl groups excluding tert-OH is 2. The van der Waals surface area contributed by atoms with Crippen molar-refractivity contribution in [1.29, 1.82) is 0 Å². The minimum atomic E-state index is 0.0552. The second-order valence-corrected chi connectivity index (χ2v) is 5.00. The third-order valence-corrected chi connectivity index (χ3v) is 4.07. The Morgan fingerprint density at radius 2 is 2.12 bits per heavy atom. The lowest BCUT2D eigenvalue weighted by atomic mass is 9.69. The van der Waals surface area contributed by atoms with Crippen molar-refractivity contribution in [2.45, 2.75) is 33.1 Å². The van der Waals surface area contributed by atoms with Gasteiger partial charge in [-0.15, -0.1) is 0 Å². The summed E-state index contributed by atoms with van der Waals surface area (Å²) < 4.78 is 0. The fourth-order valence-electron chi connectivity index (χ4n) is 3.12. The van der Waals surface area contributed by atoms with Gasteiger partial charge in [-0.1, -0.05) is 24.6 Å². The first-order valence-corrected chi connectivity index (χ1v) is 5.94. The highest BCUT2D eigenvalue weighted by atomic mass is 16.3. The van der Waals surface area contributed by atoms with Crippen molar-refractivity contribution in [2.75, 3.05) is 13.2 Å². The highest BCUT2D eigenvalue weighted by Crippen LogP contribution is 2.52. The molecule has 0 aliphatic heterocycles. The first-order chi connectivity index (χ1) is 7.63. The zero-order chi connectivity index (χ0) is 11.8. The molecule has 0 radical (unpaired) electrons. The molecule has 0 spiro atoms. The molecule has 0 saturated carbocycles. The summed E-state index contributed by atoms with van der Waals surface area (Å²) in [5, 5.41) is 18.6. The minimum absolute atomic E-state index is 0.0552. The van der Waals surface area contributed by atoms with Gasteiger partial charge in [0.25, 0.3) is 0 Å². The maximum atomic E-state index is 9.36. The number of hydrogen-bond acceptors (Lipinski definition) is 2. The van der Waals surface area contributed by atoms with Crippen LogP contribution >= 0.6 is 0 Å². The van der Waals surface area contributed by atoms with Gasteiger partial charge in [-0.2, -0.15) is 0 Å². The lowest BCUT2D eigenvalue weighted by Crippen LogP contribution is -2.24. The summed E-state index contributed by atoms with van der Waals surface area (Å²) in [4.78, 5) is 0. The van der Waals surface area contributed by atoms with Gasteiger partial charge < -0.3 is 10.2 Å². The molecule has 0 heterocycles. The molecule has 0 aromatic rings. The molecule has 0 aromatic carbocycles. The van der Waals surface area contributed by atoms with Crippen molar-refractivity contribution < 1.29 is 10.2 Å². The van der Waals surface area contributed by atoms with Gasteiger partial charge in [0.2, 0.25) is 0 Å². The Morgan fingerprint density at radius 3 is 2.75 bits per heavy atom. The van der Waals surface area contributed by atoms with Crippen LogP contribution in [0.2, 0.25) is 0 Å². The van der Waals surface area contributed by atoms with E-state index in [1.165, 1.54) is 11.1 Å². The first-order valence-electron chi connectivity index (χ1n) is 5.94. The van der Waals surface area contributed by atoms with Gasteiger partial charge in [-0.25, -0.2) is 0 Å². The average Bonchev–Trinajstić information content (AvgIpc) is 2.64. The molecule has 2 aliphatic carbocycles. The number of allylic oxidation sites excluding steroid dienone is 3. The Bertz CT molecular complexity index is 388. The van der Waals surface area contributed by atoms with Gasteiger partial charge in [0, 0.05) is 5.41 Å². The molecule has 0 bridgehead atoms. The molecule has 0 fully saturated rings. The van der Waals surface area contributed by atoms with E-state index < -0.39 is 0 Å². The van der Waals surface area contributed by atoms with Crippen LogP contribution in [0.15, 0.2) is 34.4 Å². The van der Waals surface area contributed by atoms with Crippen LogP contribution in [0, 0.1) is 5.41 Å². The normalized spacial score (nSPS) is 32.0. The monoisotopic (exact) mass is 220 g/mol. The molecule has 0 amide bonds. The van der Waals surface area contributed by atoms with Gasteiger partial charge >= 0.3 is 0 Å². The molecule has 2 rings (SSSR count). The summed E-state index contributed by atoms with van der Waals surface area (Å²) >= 11 is 0. The Labute approximate surface area is 97.0 Å². The number of hydrogen-bond donors (Lipinski definition) is 2. The molecule has 1 atom stereocenters. The maximum Gasteiger partial charge on any atom is 0.0681 e. The quantitative estimate of drug-likeness (QED) is 0.701. The maximum absolute atomic E-state index is 9.36. The second kappa shape index (κ2) is 4.19. The van der Waals surface area contributed by atoms with E-state index in [4.69, 9.17) is 0 Å². The highest BCUT2D eigenvalue weighted by molar-refractivity contribution is 5.51. The lowest BCUT2D eigenvalue weighted by Gasteiger charge is -2.35. The number of rotatable bonds is 2. The van der Waals surface area contributed by atoms with Crippen molar-refractivity contribution in [3.05, 3.63) is 34.4 Å². The van der Waals surface area contributed by atoms with E-state index in [2.05, 4.69) is 19.1 Å². The van der Waals surface area contributed by atoms with E-state index in [1.54, 1.807) is 0 Å². The predicted octanol–water partition coefficient (Wildman–Crippen LogP) is 2.34. The van der Waals surface area contributed by atoms with E-state index in [9.17, 15) is 10.2 Å². The molecule has 88 valence electrons. The minimum Gasteiger partial charge on any atom is -0.392 e. The average molecular weight is 220 g/mol. The highest BCUT2D eigenvalue weighted by Gasteiger charge is 2.40. The van der Waals surface area contributed by atoms with Crippen LogP contribution in [0.25, 0.3) is 0 Å². The van der Waals surface area contributed by atoms with Crippen molar-refractivity contribution in [2.24, 2.45) is 5.41 Å². The zero-order valence-corrected chi connectivity index (χ0v) is 10.1. The summed E-state index contributed by atoms with van der Waals surface area (Å²) in [7, 11) is 0. The third-order valence-electron chi connectivity index (χ3n) is 4.07. The largest absolute Gasteiger partial charge is 0.392 e. The van der Waals surface area contributed by atoms with Crippen LogP contribution in [0.3, 0.4) is 0 Å². The molecule has 2 heteroatoms. The molecule has 2 nitrogen and oxygen atoms in total. The second-order valence-electron chi connectivity index (χ2n) is 5.00. The van der Waals surface area contributed by atoms with Crippen LogP contribution in [0.5, 0.6) is 0 Å². The van der Waals surface area contributed by atoms with Crippen LogP contribution in [0.1, 0.15) is 33.1 Å². The Kier molecular flexibility index (Phi) is 3.04. The molecule has 16 heavy (non-hydrogen) atoms. The summed E-state index contributed by atoms with van der Waals surface area (Å²) in [6.07, 6.45) is 7.40. The Morgan fingerprint density at radius 1 is 1.38 bits per heavy atom. The first kappa shape index (κ1) is 11.6. The van der Waals surface area contributed by atoms with Crippen molar-refractivity contribution in [3.8, 4) is 0 Å². The summed E-state index contributed by atoms with van der Waals surface area (Å²) in [6.45, 7) is 4.52. The molecule has 0 saturated heterocycles. The van der Waals surface area contributed by atoms with E-state index >= 15 is 0 Å². The zero-order valence-electron chi connectivity index (χ0n) is 10.1. The molecule has 2 aliphatic rings. The summed E-state index contributed by atoms with van der Waals surface area (Å²) in [5.74, 6) is 0. The van der Waals surface area contributed by atoms with E-state index in [1.807, 2.05) is 6.92 Å². The topological polar surface area (TPSA) is 40.5 Å². The third kappa shape index (κ3) is 1.57. The van der Waals surface area contributed by atoms with Crippen LogP contribution in [-0.2, 0) is 0 Å². The van der Waals surface area contributed by atoms with Gasteiger partial charge in [-0.05, 0) is 42.9 Å². The Balaban J connectivity index is 2.43. The van der Waals surface area contributed by atoms with E-state index in [-0.39, 0.29) is 18.6 Å². The van der Waals surface area contributed by atoms with Gasteiger partial charge in [0.1, 0.15) is 0 Å². The fourth-order valence-corrected chi connectivity index (χ4v) is 3.12. The number of aliphatic hydroxyl groups is 2. The Hall–Kier alpha value is -0.860.